The molecule has 168 valence electrons. The van der Waals surface area contributed by atoms with Crippen molar-refractivity contribution in [1.82, 2.24) is 5.16 Å². The number of sulfonamides is 1. The van der Waals surface area contributed by atoms with E-state index in [0.29, 0.717) is 5.69 Å². The Bertz CT molecular complexity index is 1160. The van der Waals surface area contributed by atoms with Crippen molar-refractivity contribution in [1.29, 1.82) is 0 Å². The first kappa shape index (κ1) is 23.0. The van der Waals surface area contributed by atoms with Gasteiger partial charge in [0.1, 0.15) is 6.26 Å². The molecule has 2 N–H and O–H groups in total. The highest BCUT2D eigenvalue weighted by Gasteiger charge is 2.18. The highest BCUT2D eigenvalue weighted by Crippen LogP contribution is 2.19. The summed E-state index contributed by atoms with van der Waals surface area (Å²) in [6.07, 6.45) is 4.36. The number of amides is 1. The Kier molecular flexibility index (Phi) is 7.61. The van der Waals surface area contributed by atoms with Gasteiger partial charge in [0.25, 0.3) is 15.9 Å². The van der Waals surface area contributed by atoms with E-state index in [1.165, 1.54) is 36.6 Å². The van der Waals surface area contributed by atoms with E-state index in [-0.39, 0.29) is 16.3 Å². The summed E-state index contributed by atoms with van der Waals surface area (Å²) in [6, 6.07) is 14.0. The molecule has 0 fully saturated rings. The minimum atomic E-state index is -3.92. The number of carbonyl (C=O) groups is 2. The first-order chi connectivity index (χ1) is 15.4. The summed E-state index contributed by atoms with van der Waals surface area (Å²) >= 11 is 0. The van der Waals surface area contributed by atoms with Crippen LogP contribution < -0.4 is 10.0 Å². The maximum Gasteiger partial charge on any atom is 0.338 e. The van der Waals surface area contributed by atoms with Crippen LogP contribution in [0.5, 0.6) is 0 Å². The van der Waals surface area contributed by atoms with Crippen LogP contribution in [0.4, 0.5) is 11.5 Å². The smallest absolute Gasteiger partial charge is 0.338 e. The van der Waals surface area contributed by atoms with E-state index in [9.17, 15) is 18.0 Å². The molecule has 0 radical (unpaired) electrons. The van der Waals surface area contributed by atoms with Gasteiger partial charge in [-0.25, -0.2) is 13.2 Å². The molecule has 32 heavy (non-hydrogen) atoms. The van der Waals surface area contributed by atoms with Crippen molar-refractivity contribution < 1.29 is 27.3 Å². The summed E-state index contributed by atoms with van der Waals surface area (Å²) in [5.74, 6) is -1.26. The second-order valence-electron chi connectivity index (χ2n) is 6.94. The Labute approximate surface area is 185 Å². The fraction of sp³-hybridized carbons (Fsp3) is 0.227. The number of nitrogens with one attached hydrogen (secondary N) is 2. The van der Waals surface area contributed by atoms with Crippen LogP contribution in [0.15, 0.2) is 70.3 Å². The number of hydrogen-bond donors (Lipinski definition) is 2. The van der Waals surface area contributed by atoms with Crippen molar-refractivity contribution in [3.05, 3.63) is 72.0 Å². The number of benzene rings is 2. The highest BCUT2D eigenvalue weighted by molar-refractivity contribution is 7.92. The molecule has 1 aromatic heterocycles. The summed E-state index contributed by atoms with van der Waals surface area (Å²) in [5.41, 5.74) is 1.55. The molecule has 0 atom stereocenters. The number of unbranched alkanes of at least 4 members (excludes halogenated alkanes) is 1. The lowest BCUT2D eigenvalue weighted by molar-refractivity contribution is -0.119. The van der Waals surface area contributed by atoms with Gasteiger partial charge in [0.05, 0.1) is 10.5 Å². The highest BCUT2D eigenvalue weighted by atomic mass is 32.2. The van der Waals surface area contributed by atoms with E-state index in [4.69, 9.17) is 4.74 Å². The lowest BCUT2D eigenvalue weighted by atomic mass is 10.1. The van der Waals surface area contributed by atoms with E-state index in [1.807, 2.05) is 12.1 Å². The van der Waals surface area contributed by atoms with Crippen LogP contribution >= 0.6 is 0 Å². The average Bonchev–Trinajstić information content (AvgIpc) is 3.30. The lowest BCUT2D eigenvalue weighted by Crippen LogP contribution is -2.21. The van der Waals surface area contributed by atoms with Gasteiger partial charge in [0, 0.05) is 11.8 Å². The second kappa shape index (κ2) is 10.6. The van der Waals surface area contributed by atoms with Crippen LogP contribution in [-0.4, -0.2) is 32.1 Å². The summed E-state index contributed by atoms with van der Waals surface area (Å²) in [6.45, 7) is 1.55. The zero-order valence-electron chi connectivity index (χ0n) is 17.4. The van der Waals surface area contributed by atoms with Crippen LogP contribution in [0.1, 0.15) is 35.7 Å². The summed E-state index contributed by atoms with van der Waals surface area (Å²) in [4.78, 5) is 23.9. The molecule has 0 spiro atoms. The van der Waals surface area contributed by atoms with E-state index in [0.717, 1.165) is 24.8 Å². The third-order valence-corrected chi connectivity index (χ3v) is 5.82. The molecular formula is C22H23N3O6S. The Morgan fingerprint density at radius 1 is 1.09 bits per heavy atom. The van der Waals surface area contributed by atoms with Crippen molar-refractivity contribution >= 4 is 33.4 Å². The fourth-order valence-corrected chi connectivity index (χ4v) is 3.90. The van der Waals surface area contributed by atoms with Gasteiger partial charge in [-0.1, -0.05) is 36.7 Å². The quantitative estimate of drug-likeness (QED) is 0.445. The van der Waals surface area contributed by atoms with Gasteiger partial charge in [-0.05, 0) is 48.7 Å². The molecule has 0 saturated heterocycles. The number of aryl methyl sites for hydroxylation is 1. The normalized spacial score (nSPS) is 11.0. The van der Waals surface area contributed by atoms with Crippen LogP contribution in [0.25, 0.3) is 0 Å². The third kappa shape index (κ3) is 6.42. The minimum absolute atomic E-state index is 0.00275. The number of carbonyl (C=O) groups excluding carboxylic acids is 2. The first-order valence-corrected chi connectivity index (χ1v) is 11.4. The Balaban J connectivity index is 1.62. The molecule has 0 aliphatic carbocycles. The van der Waals surface area contributed by atoms with Crippen molar-refractivity contribution in [3.63, 3.8) is 0 Å². The zero-order chi connectivity index (χ0) is 23.0. The van der Waals surface area contributed by atoms with Crippen molar-refractivity contribution in [2.24, 2.45) is 0 Å². The topological polar surface area (TPSA) is 128 Å². The molecule has 0 saturated carbocycles. The maximum atomic E-state index is 12.7. The van der Waals surface area contributed by atoms with Gasteiger partial charge in [0.15, 0.2) is 12.4 Å². The maximum absolute atomic E-state index is 12.7. The molecule has 1 amide bonds. The molecule has 10 heteroatoms. The first-order valence-electron chi connectivity index (χ1n) is 9.96. The predicted molar refractivity (Wildman–Crippen MR) is 118 cm³/mol. The van der Waals surface area contributed by atoms with E-state index >= 15 is 0 Å². The Morgan fingerprint density at radius 2 is 1.88 bits per heavy atom. The lowest BCUT2D eigenvalue weighted by Gasteiger charge is -2.10. The van der Waals surface area contributed by atoms with Gasteiger partial charge in [-0.2, -0.15) is 0 Å². The molecule has 0 bridgehead atoms. The van der Waals surface area contributed by atoms with Crippen molar-refractivity contribution in [2.45, 2.75) is 31.1 Å². The van der Waals surface area contributed by atoms with E-state index < -0.39 is 28.5 Å². The molecule has 0 aliphatic rings. The van der Waals surface area contributed by atoms with Crippen LogP contribution in [0.2, 0.25) is 0 Å². The number of hydrogen-bond acceptors (Lipinski definition) is 7. The van der Waals surface area contributed by atoms with Crippen LogP contribution in [0.3, 0.4) is 0 Å². The van der Waals surface area contributed by atoms with E-state index in [2.05, 4.69) is 26.6 Å². The molecule has 9 nitrogen and oxygen atoms in total. The van der Waals surface area contributed by atoms with Gasteiger partial charge < -0.3 is 14.6 Å². The van der Waals surface area contributed by atoms with Crippen LogP contribution in [0, 0.1) is 0 Å². The van der Waals surface area contributed by atoms with Gasteiger partial charge in [-0.15, -0.1) is 0 Å². The molecular weight excluding hydrogens is 434 g/mol. The number of esters is 1. The molecule has 0 aliphatic heterocycles. The average molecular weight is 458 g/mol. The molecule has 2 aromatic carbocycles. The molecule has 1 heterocycles. The number of nitrogens with zero attached hydrogens (tertiary/aromatic N) is 1. The number of ether oxygens (including phenoxy) is 1. The van der Waals surface area contributed by atoms with E-state index in [1.54, 1.807) is 12.1 Å². The van der Waals surface area contributed by atoms with Crippen molar-refractivity contribution in [2.75, 3.05) is 16.6 Å². The minimum Gasteiger partial charge on any atom is -0.452 e. The fourth-order valence-electron chi connectivity index (χ4n) is 2.80. The molecule has 0 unspecified atom stereocenters. The summed E-state index contributed by atoms with van der Waals surface area (Å²) < 4.78 is 37.5. The second-order valence-corrected chi connectivity index (χ2v) is 8.63. The van der Waals surface area contributed by atoms with Gasteiger partial charge >= 0.3 is 5.97 Å². The zero-order valence-corrected chi connectivity index (χ0v) is 18.2. The SMILES string of the molecule is CCCCc1ccc(NS(=O)(=O)c2cccc(C(=O)OCC(=O)Nc3ccon3)c2)cc1. The molecule has 3 rings (SSSR count). The summed E-state index contributed by atoms with van der Waals surface area (Å²) in [7, 11) is -3.92. The van der Waals surface area contributed by atoms with Gasteiger partial charge in [-0.3, -0.25) is 9.52 Å². The number of aromatic nitrogens is 1. The largest absolute Gasteiger partial charge is 0.452 e. The Morgan fingerprint density at radius 3 is 2.56 bits per heavy atom. The summed E-state index contributed by atoms with van der Waals surface area (Å²) in [5, 5.41) is 5.89. The standard InChI is InChI=1S/C22H23N3O6S/c1-2-3-5-16-8-10-18(11-9-16)25-32(28,29)19-7-4-6-17(14-19)22(27)30-15-21(26)23-20-12-13-31-24-20/h4,6-14,25H,2-3,5,15H2,1H3,(H,23,24,26). The van der Waals surface area contributed by atoms with Gasteiger partial charge in [0.2, 0.25) is 0 Å². The number of rotatable bonds is 10. The number of anilines is 2. The predicted octanol–water partition coefficient (Wildman–Crippen LogP) is 3.61. The van der Waals surface area contributed by atoms with Crippen molar-refractivity contribution in [3.8, 4) is 0 Å². The Hall–Kier alpha value is -3.66. The monoisotopic (exact) mass is 457 g/mol. The molecule has 3 aromatic rings. The van der Waals surface area contributed by atoms with Crippen LogP contribution in [-0.2, 0) is 26.0 Å². The third-order valence-electron chi connectivity index (χ3n) is 4.44.